The third kappa shape index (κ3) is 3.70. The molecule has 0 spiro atoms. The van der Waals surface area contributed by atoms with Gasteiger partial charge in [-0.15, -0.1) is 0 Å². The lowest BCUT2D eigenvalue weighted by Gasteiger charge is -2.42. The van der Waals surface area contributed by atoms with Crippen LogP contribution in [-0.2, 0) is 9.47 Å². The Morgan fingerprint density at radius 1 is 1.31 bits per heavy atom. The van der Waals surface area contributed by atoms with Crippen LogP contribution in [0, 0.1) is 0 Å². The molecule has 4 atom stereocenters. The zero-order valence-electron chi connectivity index (χ0n) is 11.2. The molecule has 1 fully saturated rings. The largest absolute Gasteiger partial charge is 0.386 e. The number of ether oxygens (including phenoxy) is 2. The fourth-order valence-corrected chi connectivity index (χ4v) is 1.99. The Morgan fingerprint density at radius 3 is 2.31 bits per heavy atom. The topological polar surface area (TPSA) is 41.9 Å². The van der Waals surface area contributed by atoms with Gasteiger partial charge in [-0.1, -0.05) is 0 Å². The Labute approximate surface area is 98.5 Å². The SMILES string of the molecule is C[C@@H]1C[C@@H](N(C)C)[C@H](O)C(OC(C)(C)C)O1. The second kappa shape index (κ2) is 5.00. The molecule has 1 aliphatic rings. The summed E-state index contributed by atoms with van der Waals surface area (Å²) >= 11 is 0. The maximum Gasteiger partial charge on any atom is 0.185 e. The monoisotopic (exact) mass is 231 g/mol. The van der Waals surface area contributed by atoms with E-state index < -0.39 is 12.4 Å². The summed E-state index contributed by atoms with van der Waals surface area (Å²) in [6, 6.07) is 0.0936. The number of hydrogen-bond donors (Lipinski definition) is 1. The summed E-state index contributed by atoms with van der Waals surface area (Å²) in [6.45, 7) is 7.91. The Morgan fingerprint density at radius 2 is 1.88 bits per heavy atom. The number of hydrogen-bond acceptors (Lipinski definition) is 4. The van der Waals surface area contributed by atoms with Gasteiger partial charge in [-0.2, -0.15) is 0 Å². The molecule has 96 valence electrons. The van der Waals surface area contributed by atoms with Crippen molar-refractivity contribution >= 4 is 0 Å². The van der Waals surface area contributed by atoms with Crippen LogP contribution in [0.1, 0.15) is 34.1 Å². The Hall–Kier alpha value is -0.160. The van der Waals surface area contributed by atoms with Gasteiger partial charge in [0.1, 0.15) is 6.10 Å². The molecule has 1 unspecified atom stereocenters. The quantitative estimate of drug-likeness (QED) is 0.776. The average Bonchev–Trinajstić information content (AvgIpc) is 2.07. The van der Waals surface area contributed by atoms with Gasteiger partial charge in [-0.05, 0) is 48.2 Å². The molecule has 0 aromatic heterocycles. The number of aliphatic hydroxyl groups excluding tert-OH is 1. The van der Waals surface area contributed by atoms with E-state index in [1.807, 2.05) is 46.7 Å². The molecular weight excluding hydrogens is 206 g/mol. The molecule has 1 N–H and O–H groups in total. The van der Waals surface area contributed by atoms with Crippen LogP contribution in [0.5, 0.6) is 0 Å². The van der Waals surface area contributed by atoms with Crippen molar-refractivity contribution in [2.75, 3.05) is 14.1 Å². The first-order valence-corrected chi connectivity index (χ1v) is 5.88. The van der Waals surface area contributed by atoms with Crippen LogP contribution in [0.2, 0.25) is 0 Å². The van der Waals surface area contributed by atoms with Gasteiger partial charge in [-0.25, -0.2) is 0 Å². The second-order valence-corrected chi connectivity index (χ2v) is 5.80. The first kappa shape index (κ1) is 13.9. The van der Waals surface area contributed by atoms with Gasteiger partial charge in [0.15, 0.2) is 6.29 Å². The van der Waals surface area contributed by atoms with Gasteiger partial charge in [0.05, 0.1) is 11.7 Å². The maximum atomic E-state index is 10.2. The number of rotatable bonds is 2. The summed E-state index contributed by atoms with van der Waals surface area (Å²) in [6.07, 6.45) is -0.178. The lowest BCUT2D eigenvalue weighted by molar-refractivity contribution is -0.281. The van der Waals surface area contributed by atoms with Crippen LogP contribution in [0.15, 0.2) is 0 Å². The van der Waals surface area contributed by atoms with Crippen molar-refractivity contribution in [2.24, 2.45) is 0 Å². The number of likely N-dealkylation sites (N-methyl/N-ethyl adjacent to an activating group) is 1. The predicted octanol–water partition coefficient (Wildman–Crippen LogP) is 1.23. The Kier molecular flexibility index (Phi) is 4.35. The van der Waals surface area contributed by atoms with E-state index in [0.29, 0.717) is 0 Å². The van der Waals surface area contributed by atoms with E-state index in [-0.39, 0.29) is 17.7 Å². The zero-order valence-corrected chi connectivity index (χ0v) is 11.2. The molecule has 16 heavy (non-hydrogen) atoms. The molecular formula is C12H25NO3. The molecule has 0 bridgehead atoms. The zero-order chi connectivity index (χ0) is 12.5. The second-order valence-electron chi connectivity index (χ2n) is 5.80. The van der Waals surface area contributed by atoms with Gasteiger partial charge in [0, 0.05) is 6.04 Å². The standard InChI is InChI=1S/C12H25NO3/c1-8-7-9(13(5)6)10(14)11(15-8)16-12(2,3)4/h8-11,14H,7H2,1-6H3/t8-,9-,10+,11?/m1/s1. The van der Waals surface area contributed by atoms with E-state index in [9.17, 15) is 5.11 Å². The van der Waals surface area contributed by atoms with Gasteiger partial charge in [0.2, 0.25) is 0 Å². The van der Waals surface area contributed by atoms with Gasteiger partial charge >= 0.3 is 0 Å². The minimum Gasteiger partial charge on any atom is -0.386 e. The molecule has 0 radical (unpaired) electrons. The van der Waals surface area contributed by atoms with Crippen molar-refractivity contribution in [1.29, 1.82) is 0 Å². The van der Waals surface area contributed by atoms with Crippen molar-refractivity contribution in [1.82, 2.24) is 4.90 Å². The molecule has 1 aliphatic heterocycles. The molecule has 4 heteroatoms. The van der Waals surface area contributed by atoms with Crippen LogP contribution in [0.4, 0.5) is 0 Å². The van der Waals surface area contributed by atoms with E-state index in [2.05, 4.69) is 0 Å². The molecule has 4 nitrogen and oxygen atoms in total. The molecule has 0 aliphatic carbocycles. The van der Waals surface area contributed by atoms with Gasteiger partial charge in [-0.3, -0.25) is 0 Å². The minimum atomic E-state index is -0.592. The molecule has 0 aromatic rings. The molecule has 0 amide bonds. The van der Waals surface area contributed by atoms with Crippen LogP contribution in [0.3, 0.4) is 0 Å². The summed E-state index contributed by atoms with van der Waals surface area (Å²) in [7, 11) is 3.94. The first-order valence-electron chi connectivity index (χ1n) is 5.88. The van der Waals surface area contributed by atoms with Crippen LogP contribution in [-0.4, -0.2) is 54.2 Å². The third-order valence-corrected chi connectivity index (χ3v) is 2.75. The lowest BCUT2D eigenvalue weighted by Crippen LogP contribution is -2.55. The van der Waals surface area contributed by atoms with E-state index in [1.165, 1.54) is 0 Å². The van der Waals surface area contributed by atoms with E-state index in [4.69, 9.17) is 9.47 Å². The van der Waals surface area contributed by atoms with E-state index >= 15 is 0 Å². The molecule has 1 saturated heterocycles. The van der Waals surface area contributed by atoms with Crippen molar-refractivity contribution in [3.05, 3.63) is 0 Å². The van der Waals surface area contributed by atoms with Crippen LogP contribution < -0.4 is 0 Å². The van der Waals surface area contributed by atoms with Gasteiger partial charge in [0.25, 0.3) is 0 Å². The lowest BCUT2D eigenvalue weighted by atomic mass is 9.99. The molecule has 1 rings (SSSR count). The third-order valence-electron chi connectivity index (χ3n) is 2.75. The normalized spacial score (nSPS) is 36.8. The highest BCUT2D eigenvalue weighted by atomic mass is 16.7. The summed E-state index contributed by atoms with van der Waals surface area (Å²) in [5.74, 6) is 0. The fraction of sp³-hybridized carbons (Fsp3) is 1.00. The number of aliphatic hydroxyl groups is 1. The number of nitrogens with zero attached hydrogens (tertiary/aromatic N) is 1. The highest BCUT2D eigenvalue weighted by Gasteiger charge is 2.39. The maximum absolute atomic E-state index is 10.2. The highest BCUT2D eigenvalue weighted by Crippen LogP contribution is 2.26. The molecule has 0 saturated carbocycles. The first-order chi connectivity index (χ1) is 7.20. The summed E-state index contributed by atoms with van der Waals surface area (Å²) < 4.78 is 11.4. The van der Waals surface area contributed by atoms with Crippen LogP contribution in [0.25, 0.3) is 0 Å². The van der Waals surface area contributed by atoms with E-state index in [1.54, 1.807) is 0 Å². The Balaban J connectivity index is 2.69. The highest BCUT2D eigenvalue weighted by molar-refractivity contribution is 4.86. The Bertz CT molecular complexity index is 225. The smallest absolute Gasteiger partial charge is 0.185 e. The fourth-order valence-electron chi connectivity index (χ4n) is 1.99. The van der Waals surface area contributed by atoms with Crippen molar-refractivity contribution in [3.8, 4) is 0 Å². The summed E-state index contributed by atoms with van der Waals surface area (Å²) in [5, 5.41) is 10.2. The molecule has 0 aromatic carbocycles. The predicted molar refractivity (Wildman–Crippen MR) is 63.3 cm³/mol. The van der Waals surface area contributed by atoms with E-state index in [0.717, 1.165) is 6.42 Å². The molecule has 1 heterocycles. The van der Waals surface area contributed by atoms with Crippen molar-refractivity contribution in [3.63, 3.8) is 0 Å². The summed E-state index contributed by atoms with van der Waals surface area (Å²) in [4.78, 5) is 2.03. The van der Waals surface area contributed by atoms with Crippen molar-refractivity contribution in [2.45, 2.75) is 64.3 Å². The van der Waals surface area contributed by atoms with Crippen LogP contribution >= 0.6 is 0 Å². The van der Waals surface area contributed by atoms with Gasteiger partial charge < -0.3 is 19.5 Å². The average molecular weight is 231 g/mol. The summed E-state index contributed by atoms with van der Waals surface area (Å²) in [5.41, 5.74) is -0.306. The van der Waals surface area contributed by atoms with Crippen molar-refractivity contribution < 1.29 is 14.6 Å². The minimum absolute atomic E-state index is 0.0936.